The lowest BCUT2D eigenvalue weighted by Crippen LogP contribution is -2.21. The fraction of sp³-hybridized carbons (Fsp3) is 0.0769. The van der Waals surface area contributed by atoms with Crippen LogP contribution in [0.1, 0.15) is 25.6 Å². The topological polar surface area (TPSA) is 66.4 Å². The van der Waals surface area contributed by atoms with Gasteiger partial charge in [0.05, 0.1) is 14.2 Å². The van der Waals surface area contributed by atoms with Crippen molar-refractivity contribution in [2.24, 2.45) is 0 Å². The second-order valence-corrected chi connectivity index (χ2v) is 6.25. The highest BCUT2D eigenvalue weighted by Crippen LogP contribution is 2.21. The lowest BCUT2D eigenvalue weighted by Gasteiger charge is -2.04. The summed E-state index contributed by atoms with van der Waals surface area (Å²) in [7, 11) is 0. The van der Waals surface area contributed by atoms with E-state index in [0.717, 1.165) is 9.35 Å². The fourth-order valence-corrected chi connectivity index (χ4v) is 2.77. The first kappa shape index (κ1) is 13.8. The average molecular weight is 340 g/mol. The minimum Gasteiger partial charge on any atom is -0.478 e. The first-order chi connectivity index (χ1) is 9.06. The van der Waals surface area contributed by atoms with Gasteiger partial charge in [-0.3, -0.25) is 4.79 Å². The van der Waals surface area contributed by atoms with E-state index in [9.17, 15) is 9.59 Å². The van der Waals surface area contributed by atoms with Gasteiger partial charge in [0.1, 0.15) is 0 Å². The van der Waals surface area contributed by atoms with E-state index < -0.39 is 5.97 Å². The molecule has 1 amide bonds. The number of nitrogens with one attached hydrogen (secondary N) is 1. The maximum atomic E-state index is 11.8. The minimum absolute atomic E-state index is 0.141. The molecule has 1 aromatic heterocycles. The maximum Gasteiger partial charge on any atom is 0.335 e. The average Bonchev–Trinajstić information content (AvgIpc) is 2.83. The molecule has 0 aliphatic rings. The van der Waals surface area contributed by atoms with Crippen molar-refractivity contribution in [1.29, 1.82) is 0 Å². The molecule has 0 radical (unpaired) electrons. The van der Waals surface area contributed by atoms with E-state index in [0.29, 0.717) is 11.4 Å². The Hall–Kier alpha value is -1.66. The maximum absolute atomic E-state index is 11.8. The molecule has 0 aliphatic heterocycles. The van der Waals surface area contributed by atoms with Crippen LogP contribution in [0, 0.1) is 0 Å². The van der Waals surface area contributed by atoms with Gasteiger partial charge in [0, 0.05) is 6.54 Å². The Bertz CT molecular complexity index is 607. The van der Waals surface area contributed by atoms with E-state index in [2.05, 4.69) is 21.2 Å². The summed E-state index contributed by atoms with van der Waals surface area (Å²) < 4.78 is 0.906. The Morgan fingerprint density at radius 3 is 2.37 bits per heavy atom. The zero-order chi connectivity index (χ0) is 13.8. The SMILES string of the molecule is O=C(O)c1ccc(CNC(=O)c2ccc(Br)s2)cc1. The Morgan fingerprint density at radius 2 is 1.84 bits per heavy atom. The Morgan fingerprint density at radius 1 is 1.16 bits per heavy atom. The molecule has 0 spiro atoms. The molecular formula is C13H10BrNO3S. The summed E-state index contributed by atoms with van der Waals surface area (Å²) in [4.78, 5) is 23.1. The lowest BCUT2D eigenvalue weighted by molar-refractivity contribution is 0.0696. The molecule has 19 heavy (non-hydrogen) atoms. The molecule has 2 rings (SSSR count). The second-order valence-electron chi connectivity index (χ2n) is 3.79. The van der Waals surface area contributed by atoms with Crippen molar-refractivity contribution in [2.45, 2.75) is 6.54 Å². The van der Waals surface area contributed by atoms with Crippen molar-refractivity contribution in [1.82, 2.24) is 5.32 Å². The molecule has 0 atom stereocenters. The highest BCUT2D eigenvalue weighted by molar-refractivity contribution is 9.11. The Balaban J connectivity index is 1.95. The van der Waals surface area contributed by atoms with E-state index in [4.69, 9.17) is 5.11 Å². The molecule has 0 fully saturated rings. The van der Waals surface area contributed by atoms with Gasteiger partial charge in [0.2, 0.25) is 0 Å². The van der Waals surface area contributed by atoms with Gasteiger partial charge in [-0.2, -0.15) is 0 Å². The number of hydrogen-bond donors (Lipinski definition) is 2. The van der Waals surface area contributed by atoms with Crippen LogP contribution in [-0.2, 0) is 6.54 Å². The van der Waals surface area contributed by atoms with Crippen molar-refractivity contribution in [3.8, 4) is 0 Å². The Kier molecular flexibility index (Phi) is 4.34. The molecule has 1 aromatic carbocycles. The Labute approximate surface area is 122 Å². The highest BCUT2D eigenvalue weighted by atomic mass is 79.9. The fourth-order valence-electron chi connectivity index (χ4n) is 1.47. The van der Waals surface area contributed by atoms with Crippen molar-refractivity contribution < 1.29 is 14.7 Å². The van der Waals surface area contributed by atoms with E-state index in [1.54, 1.807) is 18.2 Å². The first-order valence-electron chi connectivity index (χ1n) is 5.42. The number of benzene rings is 1. The number of hydrogen-bond acceptors (Lipinski definition) is 3. The van der Waals surface area contributed by atoms with Crippen LogP contribution < -0.4 is 5.32 Å². The van der Waals surface area contributed by atoms with Gasteiger partial charge in [0.25, 0.3) is 5.91 Å². The van der Waals surface area contributed by atoms with Crippen LogP contribution >= 0.6 is 27.3 Å². The summed E-state index contributed by atoms with van der Waals surface area (Å²) in [6.07, 6.45) is 0. The molecule has 0 unspecified atom stereocenters. The van der Waals surface area contributed by atoms with E-state index in [1.165, 1.54) is 23.5 Å². The summed E-state index contributed by atoms with van der Waals surface area (Å²) in [6.45, 7) is 0.369. The third kappa shape index (κ3) is 3.65. The standard InChI is InChI=1S/C13H10BrNO3S/c14-11-6-5-10(19-11)12(16)15-7-8-1-3-9(4-2-8)13(17)18/h1-6H,7H2,(H,15,16)(H,17,18). The van der Waals surface area contributed by atoms with Crippen LogP contribution in [-0.4, -0.2) is 17.0 Å². The molecule has 0 bridgehead atoms. The summed E-state index contributed by atoms with van der Waals surface area (Å²) in [6, 6.07) is 9.98. The molecule has 0 saturated heterocycles. The number of halogens is 1. The molecule has 0 saturated carbocycles. The van der Waals surface area contributed by atoms with E-state index in [1.807, 2.05) is 6.07 Å². The van der Waals surface area contributed by atoms with Crippen LogP contribution in [0.25, 0.3) is 0 Å². The van der Waals surface area contributed by atoms with Gasteiger partial charge in [-0.1, -0.05) is 12.1 Å². The molecular weight excluding hydrogens is 330 g/mol. The highest BCUT2D eigenvalue weighted by Gasteiger charge is 2.08. The van der Waals surface area contributed by atoms with Crippen LogP contribution in [0.4, 0.5) is 0 Å². The molecule has 98 valence electrons. The normalized spacial score (nSPS) is 10.2. The predicted molar refractivity (Wildman–Crippen MR) is 76.6 cm³/mol. The van der Waals surface area contributed by atoms with Crippen LogP contribution in [0.15, 0.2) is 40.2 Å². The number of amides is 1. The first-order valence-corrected chi connectivity index (χ1v) is 7.03. The largest absolute Gasteiger partial charge is 0.478 e. The summed E-state index contributed by atoms with van der Waals surface area (Å²) in [5.41, 5.74) is 1.09. The molecule has 4 nitrogen and oxygen atoms in total. The number of carbonyl (C=O) groups excluding carboxylic acids is 1. The monoisotopic (exact) mass is 339 g/mol. The van der Waals surface area contributed by atoms with Gasteiger partial charge in [-0.25, -0.2) is 4.79 Å². The summed E-state index contributed by atoms with van der Waals surface area (Å²) in [5, 5.41) is 11.6. The second kappa shape index (κ2) is 5.99. The quantitative estimate of drug-likeness (QED) is 0.899. The lowest BCUT2D eigenvalue weighted by atomic mass is 10.1. The van der Waals surface area contributed by atoms with Crippen molar-refractivity contribution in [3.05, 3.63) is 56.2 Å². The molecule has 2 N–H and O–H groups in total. The predicted octanol–water partition coefficient (Wildman–Crippen LogP) is 3.14. The number of carboxylic acid groups (broad SMARTS) is 1. The van der Waals surface area contributed by atoms with Crippen molar-refractivity contribution in [2.75, 3.05) is 0 Å². The third-order valence-corrected chi connectivity index (χ3v) is 4.07. The molecule has 1 heterocycles. The van der Waals surface area contributed by atoms with Gasteiger partial charge in [0.15, 0.2) is 0 Å². The third-order valence-electron chi connectivity index (χ3n) is 2.45. The van der Waals surface area contributed by atoms with Crippen molar-refractivity contribution >= 4 is 39.1 Å². The summed E-state index contributed by atoms with van der Waals surface area (Å²) in [5.74, 6) is -1.10. The van der Waals surface area contributed by atoms with Crippen LogP contribution in [0.2, 0.25) is 0 Å². The van der Waals surface area contributed by atoms with Crippen molar-refractivity contribution in [3.63, 3.8) is 0 Å². The van der Waals surface area contributed by atoms with E-state index in [-0.39, 0.29) is 11.5 Å². The van der Waals surface area contributed by atoms with Gasteiger partial charge >= 0.3 is 5.97 Å². The number of carboxylic acids is 1. The van der Waals surface area contributed by atoms with Crippen LogP contribution in [0.3, 0.4) is 0 Å². The zero-order valence-corrected chi connectivity index (χ0v) is 12.1. The zero-order valence-electron chi connectivity index (χ0n) is 9.72. The number of thiophene rings is 1. The van der Waals surface area contributed by atoms with Gasteiger partial charge < -0.3 is 10.4 Å². The van der Waals surface area contributed by atoms with Gasteiger partial charge in [-0.05, 0) is 45.8 Å². The molecule has 2 aromatic rings. The number of aromatic carboxylic acids is 1. The minimum atomic E-state index is -0.959. The smallest absolute Gasteiger partial charge is 0.335 e. The van der Waals surface area contributed by atoms with Gasteiger partial charge in [-0.15, -0.1) is 11.3 Å². The summed E-state index contributed by atoms with van der Waals surface area (Å²) >= 11 is 4.67. The van der Waals surface area contributed by atoms with E-state index >= 15 is 0 Å². The molecule has 6 heteroatoms. The number of rotatable bonds is 4. The number of carbonyl (C=O) groups is 2. The van der Waals surface area contributed by atoms with Crippen LogP contribution in [0.5, 0.6) is 0 Å². The molecule has 0 aliphatic carbocycles.